The maximum Gasteiger partial charge on any atom is 0.326 e. The number of amides is 2. The van der Waals surface area contributed by atoms with E-state index in [0.717, 1.165) is 0 Å². The van der Waals surface area contributed by atoms with Crippen LogP contribution in [-0.4, -0.2) is 28.3 Å². The number of phenolic OH excluding ortho intramolecular Hbond substituents is 1. The van der Waals surface area contributed by atoms with Crippen LogP contribution in [0, 0.1) is 0 Å². The Kier molecular flexibility index (Phi) is 3.29. The maximum atomic E-state index is 11.4. The first-order chi connectivity index (χ1) is 8.47. The summed E-state index contributed by atoms with van der Waals surface area (Å²) in [5.74, 6) is -1.15. The highest BCUT2D eigenvalue weighted by Crippen LogP contribution is 2.31. The molecule has 1 aliphatic rings. The molecule has 7 heteroatoms. The third kappa shape index (κ3) is 2.48. The van der Waals surface area contributed by atoms with E-state index in [2.05, 4.69) is 10.6 Å². The molecule has 2 amide bonds. The molecule has 1 aromatic carbocycles. The Hall–Kier alpha value is -1.95. The van der Waals surface area contributed by atoms with Crippen molar-refractivity contribution in [3.8, 4) is 5.75 Å². The van der Waals surface area contributed by atoms with Gasteiger partial charge in [-0.3, -0.25) is 0 Å². The second-order valence-corrected chi connectivity index (χ2v) is 4.44. The van der Waals surface area contributed by atoms with E-state index in [9.17, 15) is 14.7 Å². The van der Waals surface area contributed by atoms with Gasteiger partial charge >= 0.3 is 12.0 Å². The van der Waals surface area contributed by atoms with Crippen molar-refractivity contribution < 1.29 is 19.8 Å². The third-order valence-corrected chi connectivity index (χ3v) is 2.98. The van der Waals surface area contributed by atoms with Crippen molar-refractivity contribution in [3.63, 3.8) is 0 Å². The molecule has 1 aromatic rings. The zero-order valence-electron chi connectivity index (χ0n) is 9.18. The number of urea groups is 1. The number of carbonyl (C=O) groups is 2. The fourth-order valence-corrected chi connectivity index (χ4v) is 2.06. The van der Waals surface area contributed by atoms with Crippen LogP contribution in [0.15, 0.2) is 18.2 Å². The number of nitrogens with one attached hydrogen (secondary N) is 2. The Morgan fingerprint density at radius 2 is 2.11 bits per heavy atom. The lowest BCUT2D eigenvalue weighted by molar-refractivity contribution is -0.139. The average molecular weight is 271 g/mol. The standard InChI is InChI=1S/C11H11ClN2O4/c12-5-1-2-9(15)6(3-5)7-4-8(10(16)17)14-11(18)13-7/h1-3,7-8,15H,4H2,(H,16,17)(H2,13,14,18). The number of aliphatic carboxylic acids is 1. The Morgan fingerprint density at radius 3 is 2.78 bits per heavy atom. The fraction of sp³-hybridized carbons (Fsp3) is 0.273. The maximum absolute atomic E-state index is 11.4. The largest absolute Gasteiger partial charge is 0.508 e. The Balaban J connectivity index is 2.29. The summed E-state index contributed by atoms with van der Waals surface area (Å²) in [6.45, 7) is 0. The molecular weight excluding hydrogens is 260 g/mol. The summed E-state index contributed by atoms with van der Waals surface area (Å²) in [4.78, 5) is 22.3. The number of hydrogen-bond acceptors (Lipinski definition) is 3. The quantitative estimate of drug-likeness (QED) is 0.650. The SMILES string of the molecule is O=C1NC(C(=O)O)CC(c2cc(Cl)ccc2O)N1. The lowest BCUT2D eigenvalue weighted by Gasteiger charge is -2.29. The molecule has 2 rings (SSSR count). The number of phenols is 1. The molecule has 1 heterocycles. The smallest absolute Gasteiger partial charge is 0.326 e. The molecule has 0 bridgehead atoms. The van der Waals surface area contributed by atoms with Crippen LogP contribution in [0.4, 0.5) is 4.79 Å². The molecule has 0 spiro atoms. The van der Waals surface area contributed by atoms with Crippen molar-refractivity contribution in [1.29, 1.82) is 0 Å². The summed E-state index contributed by atoms with van der Waals surface area (Å²) in [7, 11) is 0. The highest BCUT2D eigenvalue weighted by Gasteiger charge is 2.32. The van der Waals surface area contributed by atoms with Crippen LogP contribution < -0.4 is 10.6 Å². The van der Waals surface area contributed by atoms with Gasteiger partial charge in [-0.05, 0) is 18.2 Å². The van der Waals surface area contributed by atoms with Crippen molar-refractivity contribution in [1.82, 2.24) is 10.6 Å². The number of carboxylic acids is 1. The Bertz CT molecular complexity index is 506. The first kappa shape index (κ1) is 12.5. The molecular formula is C11H11ClN2O4. The van der Waals surface area contributed by atoms with E-state index < -0.39 is 24.1 Å². The number of benzene rings is 1. The van der Waals surface area contributed by atoms with Gasteiger partial charge in [-0.2, -0.15) is 0 Å². The average Bonchev–Trinajstić information content (AvgIpc) is 2.31. The van der Waals surface area contributed by atoms with E-state index in [4.69, 9.17) is 16.7 Å². The van der Waals surface area contributed by atoms with Gasteiger partial charge in [-0.25, -0.2) is 9.59 Å². The minimum Gasteiger partial charge on any atom is -0.508 e. The summed E-state index contributed by atoms with van der Waals surface area (Å²) in [6.07, 6.45) is 0.134. The van der Waals surface area contributed by atoms with Crippen molar-refractivity contribution in [2.75, 3.05) is 0 Å². The third-order valence-electron chi connectivity index (χ3n) is 2.75. The van der Waals surface area contributed by atoms with Gasteiger partial charge in [-0.1, -0.05) is 11.6 Å². The highest BCUT2D eigenvalue weighted by atomic mass is 35.5. The van der Waals surface area contributed by atoms with Crippen molar-refractivity contribution in [2.45, 2.75) is 18.5 Å². The number of rotatable bonds is 2. The molecule has 0 saturated carbocycles. The number of carbonyl (C=O) groups excluding carboxylic acids is 1. The molecule has 4 N–H and O–H groups in total. The molecule has 2 atom stereocenters. The Morgan fingerprint density at radius 1 is 1.39 bits per heavy atom. The minimum absolute atomic E-state index is 0.0317. The first-order valence-electron chi connectivity index (χ1n) is 5.25. The van der Waals surface area contributed by atoms with Crippen LogP contribution in [-0.2, 0) is 4.79 Å². The van der Waals surface area contributed by atoms with Gasteiger partial charge in [0.2, 0.25) is 0 Å². The summed E-state index contributed by atoms with van der Waals surface area (Å²) < 4.78 is 0. The van der Waals surface area contributed by atoms with Crippen LogP contribution in [0.25, 0.3) is 0 Å². The van der Waals surface area contributed by atoms with Gasteiger partial charge in [0.1, 0.15) is 11.8 Å². The van der Waals surface area contributed by atoms with E-state index in [0.29, 0.717) is 10.6 Å². The van der Waals surface area contributed by atoms with Gasteiger partial charge in [-0.15, -0.1) is 0 Å². The monoisotopic (exact) mass is 270 g/mol. The highest BCUT2D eigenvalue weighted by molar-refractivity contribution is 6.30. The van der Waals surface area contributed by atoms with E-state index in [1.807, 2.05) is 0 Å². The molecule has 1 saturated heterocycles. The summed E-state index contributed by atoms with van der Waals surface area (Å²) in [6, 6.07) is 2.27. The Labute approximate surface area is 108 Å². The molecule has 2 unspecified atom stereocenters. The van der Waals surface area contributed by atoms with E-state index in [1.54, 1.807) is 0 Å². The molecule has 0 aliphatic carbocycles. The summed E-state index contributed by atoms with van der Waals surface area (Å²) >= 11 is 5.82. The number of aromatic hydroxyl groups is 1. The number of hydrogen-bond donors (Lipinski definition) is 4. The lowest BCUT2D eigenvalue weighted by Crippen LogP contribution is -2.53. The molecule has 1 aliphatic heterocycles. The predicted octanol–water partition coefficient (Wildman–Crippen LogP) is 1.24. The molecule has 6 nitrogen and oxygen atoms in total. The molecule has 18 heavy (non-hydrogen) atoms. The van der Waals surface area contributed by atoms with E-state index in [1.165, 1.54) is 18.2 Å². The molecule has 1 fully saturated rings. The van der Waals surface area contributed by atoms with Gasteiger partial charge in [0.25, 0.3) is 0 Å². The zero-order valence-corrected chi connectivity index (χ0v) is 9.94. The summed E-state index contributed by atoms with van der Waals surface area (Å²) in [5, 5.41) is 23.9. The second kappa shape index (κ2) is 4.73. The van der Waals surface area contributed by atoms with Crippen LogP contribution in [0.2, 0.25) is 5.02 Å². The summed E-state index contributed by atoms with van der Waals surface area (Å²) in [5.41, 5.74) is 0.406. The van der Waals surface area contributed by atoms with Crippen molar-refractivity contribution in [3.05, 3.63) is 28.8 Å². The number of halogens is 1. The second-order valence-electron chi connectivity index (χ2n) is 4.00. The van der Waals surface area contributed by atoms with Gasteiger partial charge in [0.05, 0.1) is 6.04 Å². The van der Waals surface area contributed by atoms with E-state index in [-0.39, 0.29) is 12.2 Å². The molecule has 0 radical (unpaired) electrons. The molecule has 96 valence electrons. The van der Waals surface area contributed by atoms with Gasteiger partial charge < -0.3 is 20.8 Å². The van der Waals surface area contributed by atoms with E-state index >= 15 is 0 Å². The van der Waals surface area contributed by atoms with Crippen LogP contribution >= 0.6 is 11.6 Å². The van der Waals surface area contributed by atoms with Gasteiger partial charge in [0.15, 0.2) is 0 Å². The zero-order chi connectivity index (χ0) is 13.3. The lowest BCUT2D eigenvalue weighted by atomic mass is 9.97. The van der Waals surface area contributed by atoms with Crippen LogP contribution in [0.5, 0.6) is 5.75 Å². The minimum atomic E-state index is -1.11. The predicted molar refractivity (Wildman–Crippen MR) is 63.6 cm³/mol. The number of carboxylic acid groups (broad SMARTS) is 1. The van der Waals surface area contributed by atoms with Crippen molar-refractivity contribution in [2.24, 2.45) is 0 Å². The topological polar surface area (TPSA) is 98.7 Å². The van der Waals surface area contributed by atoms with Crippen molar-refractivity contribution >= 4 is 23.6 Å². The normalized spacial score (nSPS) is 23.1. The fourth-order valence-electron chi connectivity index (χ4n) is 1.88. The van der Waals surface area contributed by atoms with Crippen LogP contribution in [0.3, 0.4) is 0 Å². The van der Waals surface area contributed by atoms with Crippen LogP contribution in [0.1, 0.15) is 18.0 Å². The van der Waals surface area contributed by atoms with Gasteiger partial charge in [0, 0.05) is 17.0 Å². The first-order valence-corrected chi connectivity index (χ1v) is 5.63. The molecule has 0 aromatic heterocycles.